The molecule has 112 valence electrons. The van der Waals surface area contributed by atoms with Crippen molar-refractivity contribution in [3.05, 3.63) is 29.3 Å². The number of nitrogens with two attached hydrogens (primary N) is 1. The Balaban J connectivity index is 3.06. The van der Waals surface area contributed by atoms with Crippen molar-refractivity contribution in [3.63, 3.8) is 0 Å². The van der Waals surface area contributed by atoms with Crippen LogP contribution in [0.25, 0.3) is 0 Å². The van der Waals surface area contributed by atoms with E-state index in [1.54, 1.807) is 12.1 Å². The molecule has 2 N–H and O–H groups in total. The van der Waals surface area contributed by atoms with E-state index in [1.165, 1.54) is 6.07 Å². The standard InChI is InChI=1S/C14H21NO4S/c1-4-6-10(3)19-14(16)12-8-7-11(5-2)13(9-12)20(15,17)18/h7-10H,4-6H2,1-3H3,(H2,15,17,18). The van der Waals surface area contributed by atoms with E-state index in [0.29, 0.717) is 12.0 Å². The van der Waals surface area contributed by atoms with Crippen molar-refractivity contribution in [3.8, 4) is 0 Å². The molecule has 20 heavy (non-hydrogen) atoms. The van der Waals surface area contributed by atoms with Crippen molar-refractivity contribution >= 4 is 16.0 Å². The summed E-state index contributed by atoms with van der Waals surface area (Å²) < 4.78 is 28.3. The fourth-order valence-corrected chi connectivity index (χ4v) is 2.82. The van der Waals surface area contributed by atoms with E-state index in [9.17, 15) is 13.2 Å². The predicted octanol–water partition coefficient (Wildman–Crippen LogP) is 2.24. The van der Waals surface area contributed by atoms with Gasteiger partial charge in [0.1, 0.15) is 0 Å². The lowest BCUT2D eigenvalue weighted by atomic mass is 10.1. The van der Waals surface area contributed by atoms with Gasteiger partial charge in [0.2, 0.25) is 10.0 Å². The average molecular weight is 299 g/mol. The number of ether oxygens (including phenoxy) is 1. The smallest absolute Gasteiger partial charge is 0.338 e. The Kier molecular flexibility index (Phi) is 5.71. The van der Waals surface area contributed by atoms with E-state index >= 15 is 0 Å². The van der Waals surface area contributed by atoms with Crippen LogP contribution in [0.4, 0.5) is 0 Å². The van der Waals surface area contributed by atoms with Gasteiger partial charge in [-0.2, -0.15) is 0 Å². The third-order valence-electron chi connectivity index (χ3n) is 2.99. The highest BCUT2D eigenvalue weighted by Crippen LogP contribution is 2.18. The van der Waals surface area contributed by atoms with Gasteiger partial charge in [0, 0.05) is 0 Å². The van der Waals surface area contributed by atoms with Gasteiger partial charge in [-0.25, -0.2) is 18.4 Å². The van der Waals surface area contributed by atoms with Crippen LogP contribution in [-0.4, -0.2) is 20.5 Å². The molecule has 0 aliphatic heterocycles. The first-order valence-electron chi connectivity index (χ1n) is 6.66. The molecule has 0 bridgehead atoms. The number of sulfonamides is 1. The Bertz CT molecular complexity index is 581. The van der Waals surface area contributed by atoms with Gasteiger partial charge in [-0.15, -0.1) is 0 Å². The quantitative estimate of drug-likeness (QED) is 0.816. The maximum atomic E-state index is 12.0. The Labute approximate surface area is 120 Å². The number of benzene rings is 1. The zero-order valence-electron chi connectivity index (χ0n) is 12.0. The van der Waals surface area contributed by atoms with Gasteiger partial charge in [0.05, 0.1) is 16.6 Å². The Morgan fingerprint density at radius 3 is 2.50 bits per heavy atom. The second-order valence-corrected chi connectivity index (χ2v) is 6.26. The molecule has 5 nitrogen and oxygen atoms in total. The molecule has 0 amide bonds. The molecule has 1 atom stereocenters. The van der Waals surface area contributed by atoms with Gasteiger partial charge in [-0.05, 0) is 37.5 Å². The fraction of sp³-hybridized carbons (Fsp3) is 0.500. The van der Waals surface area contributed by atoms with Crippen LogP contribution in [0.15, 0.2) is 23.1 Å². The lowest BCUT2D eigenvalue weighted by Crippen LogP contribution is -2.18. The molecule has 0 heterocycles. The van der Waals surface area contributed by atoms with Crippen LogP contribution >= 0.6 is 0 Å². The fourth-order valence-electron chi connectivity index (χ4n) is 1.95. The molecule has 0 aliphatic carbocycles. The van der Waals surface area contributed by atoms with Crippen LogP contribution in [0.1, 0.15) is 49.5 Å². The first kappa shape index (κ1) is 16.7. The van der Waals surface area contributed by atoms with Crippen LogP contribution in [0.5, 0.6) is 0 Å². The van der Waals surface area contributed by atoms with E-state index in [2.05, 4.69) is 0 Å². The van der Waals surface area contributed by atoms with Gasteiger partial charge >= 0.3 is 5.97 Å². The minimum Gasteiger partial charge on any atom is -0.459 e. The summed E-state index contributed by atoms with van der Waals surface area (Å²) in [6, 6.07) is 4.45. The number of rotatable bonds is 6. The molecule has 0 spiro atoms. The van der Waals surface area contributed by atoms with Crippen molar-refractivity contribution in [1.82, 2.24) is 0 Å². The Morgan fingerprint density at radius 2 is 2.00 bits per heavy atom. The molecule has 1 aromatic rings. The molecule has 0 aromatic heterocycles. The maximum Gasteiger partial charge on any atom is 0.338 e. The Hall–Kier alpha value is -1.40. The molecule has 0 fully saturated rings. The van der Waals surface area contributed by atoms with Crippen molar-refractivity contribution in [2.45, 2.75) is 51.0 Å². The van der Waals surface area contributed by atoms with Gasteiger partial charge in [0.25, 0.3) is 0 Å². The van der Waals surface area contributed by atoms with Crippen molar-refractivity contribution < 1.29 is 17.9 Å². The minimum atomic E-state index is -3.85. The third kappa shape index (κ3) is 4.31. The first-order valence-corrected chi connectivity index (χ1v) is 8.20. The molecule has 1 aromatic carbocycles. The van der Waals surface area contributed by atoms with Crippen molar-refractivity contribution in [2.24, 2.45) is 5.14 Å². The maximum absolute atomic E-state index is 12.0. The summed E-state index contributed by atoms with van der Waals surface area (Å²) in [7, 11) is -3.85. The van der Waals surface area contributed by atoms with Gasteiger partial charge in [-0.1, -0.05) is 26.3 Å². The van der Waals surface area contributed by atoms with E-state index in [1.807, 2.05) is 20.8 Å². The summed E-state index contributed by atoms with van der Waals surface area (Å²) in [6.07, 6.45) is 2.00. The zero-order chi connectivity index (χ0) is 15.3. The van der Waals surface area contributed by atoms with Crippen molar-refractivity contribution in [2.75, 3.05) is 0 Å². The van der Waals surface area contributed by atoms with Gasteiger partial charge < -0.3 is 4.74 Å². The number of hydrogen-bond donors (Lipinski definition) is 1. The molecule has 0 saturated carbocycles. The number of esters is 1. The second kappa shape index (κ2) is 6.85. The molecule has 0 saturated heterocycles. The average Bonchev–Trinajstić information content (AvgIpc) is 2.37. The van der Waals surface area contributed by atoms with Crippen molar-refractivity contribution in [1.29, 1.82) is 0 Å². The number of aryl methyl sites for hydroxylation is 1. The molecule has 0 aliphatic rings. The first-order chi connectivity index (χ1) is 9.29. The molecular weight excluding hydrogens is 278 g/mol. The summed E-state index contributed by atoms with van der Waals surface area (Å²) >= 11 is 0. The monoisotopic (exact) mass is 299 g/mol. The summed E-state index contributed by atoms with van der Waals surface area (Å²) in [5.41, 5.74) is 0.792. The highest BCUT2D eigenvalue weighted by molar-refractivity contribution is 7.89. The van der Waals surface area contributed by atoms with E-state index in [-0.39, 0.29) is 16.6 Å². The van der Waals surface area contributed by atoms with E-state index < -0.39 is 16.0 Å². The topological polar surface area (TPSA) is 86.5 Å². The van der Waals surface area contributed by atoms with Gasteiger partial charge in [-0.3, -0.25) is 0 Å². The summed E-state index contributed by atoms with van der Waals surface area (Å²) in [4.78, 5) is 11.9. The van der Waals surface area contributed by atoms with Crippen LogP contribution in [0.3, 0.4) is 0 Å². The van der Waals surface area contributed by atoms with Crippen LogP contribution in [0, 0.1) is 0 Å². The second-order valence-electron chi connectivity index (χ2n) is 4.73. The number of primary sulfonamides is 1. The molecule has 6 heteroatoms. The molecule has 1 rings (SSSR count). The van der Waals surface area contributed by atoms with Crippen LogP contribution in [0.2, 0.25) is 0 Å². The SMILES string of the molecule is CCCC(C)OC(=O)c1ccc(CC)c(S(N)(=O)=O)c1. The summed E-state index contributed by atoms with van der Waals surface area (Å²) in [5, 5.41) is 5.17. The Morgan fingerprint density at radius 1 is 1.35 bits per heavy atom. The normalized spacial score (nSPS) is 13.0. The third-order valence-corrected chi connectivity index (χ3v) is 3.99. The predicted molar refractivity (Wildman–Crippen MR) is 77.0 cm³/mol. The zero-order valence-corrected chi connectivity index (χ0v) is 12.9. The number of carbonyl (C=O) groups excluding carboxylic acids is 1. The molecular formula is C14H21NO4S. The van der Waals surface area contributed by atoms with Crippen LogP contribution < -0.4 is 5.14 Å². The lowest BCUT2D eigenvalue weighted by molar-refractivity contribution is 0.0323. The van der Waals surface area contributed by atoms with E-state index in [0.717, 1.165) is 12.8 Å². The van der Waals surface area contributed by atoms with E-state index in [4.69, 9.17) is 9.88 Å². The highest BCUT2D eigenvalue weighted by atomic mass is 32.2. The molecule has 0 radical (unpaired) electrons. The summed E-state index contributed by atoms with van der Waals surface area (Å²) in [5.74, 6) is -0.529. The molecule has 1 unspecified atom stereocenters. The minimum absolute atomic E-state index is 0.0161. The largest absolute Gasteiger partial charge is 0.459 e. The lowest BCUT2D eigenvalue weighted by Gasteiger charge is -2.13. The van der Waals surface area contributed by atoms with Gasteiger partial charge in [0.15, 0.2) is 0 Å². The highest BCUT2D eigenvalue weighted by Gasteiger charge is 2.18. The number of carbonyl (C=O) groups is 1. The summed E-state index contributed by atoms with van der Waals surface area (Å²) in [6.45, 7) is 5.63. The van der Waals surface area contributed by atoms with Crippen LogP contribution in [-0.2, 0) is 21.2 Å². The number of hydrogen-bond acceptors (Lipinski definition) is 4.